The van der Waals surface area contributed by atoms with E-state index in [-0.39, 0.29) is 36.1 Å². The summed E-state index contributed by atoms with van der Waals surface area (Å²) in [5.41, 5.74) is 4.68. The van der Waals surface area contributed by atoms with Gasteiger partial charge in [-0.25, -0.2) is 9.98 Å². The highest BCUT2D eigenvalue weighted by atomic mass is 16.5. The van der Waals surface area contributed by atoms with Crippen LogP contribution < -0.4 is 0 Å². The van der Waals surface area contributed by atoms with Crippen LogP contribution in [0, 0.1) is 11.8 Å². The fourth-order valence-electron chi connectivity index (χ4n) is 6.53. The van der Waals surface area contributed by atoms with Gasteiger partial charge in [0.2, 0.25) is 0 Å². The Hall–Kier alpha value is -4.18. The molecule has 4 heteroatoms. The third kappa shape index (κ3) is 4.83. The fraction of sp³-hybridized carbons (Fsp3) is 0.278. The average molecular weight is 527 g/mol. The molecule has 0 radical (unpaired) electrons. The van der Waals surface area contributed by atoms with E-state index in [1.807, 2.05) is 0 Å². The van der Waals surface area contributed by atoms with Crippen molar-refractivity contribution in [2.45, 2.75) is 50.0 Å². The second-order valence-electron chi connectivity index (χ2n) is 11.0. The molecule has 0 unspecified atom stereocenters. The smallest absolute Gasteiger partial charge is 0.188 e. The summed E-state index contributed by atoms with van der Waals surface area (Å²) < 4.78 is 13.6. The zero-order valence-electron chi connectivity index (χ0n) is 22.6. The molecular weight excluding hydrogens is 492 g/mol. The van der Waals surface area contributed by atoms with Crippen LogP contribution in [-0.2, 0) is 9.47 Å². The SMILES string of the molecule is c1ccc([C@H]2OC([C@@H]3CCCC[C@H]3C3=N[C@@H](c4ccccc4)[C@@H](c4ccccc4)O3)=N[C@H]2c2ccccc2)cc1. The van der Waals surface area contributed by atoms with E-state index in [1.54, 1.807) is 0 Å². The molecule has 1 saturated carbocycles. The Morgan fingerprint density at radius 1 is 0.425 bits per heavy atom. The summed E-state index contributed by atoms with van der Waals surface area (Å²) in [4.78, 5) is 10.6. The van der Waals surface area contributed by atoms with Crippen LogP contribution in [0.4, 0.5) is 0 Å². The number of rotatable bonds is 6. The quantitative estimate of drug-likeness (QED) is 0.252. The molecule has 0 spiro atoms. The summed E-state index contributed by atoms with van der Waals surface area (Å²) in [5, 5.41) is 0. The molecule has 2 aliphatic heterocycles. The van der Waals surface area contributed by atoms with Gasteiger partial charge in [0, 0.05) is 11.8 Å². The summed E-state index contributed by atoms with van der Waals surface area (Å²) in [6.07, 6.45) is 4.10. The molecule has 40 heavy (non-hydrogen) atoms. The topological polar surface area (TPSA) is 43.2 Å². The van der Waals surface area contributed by atoms with Gasteiger partial charge in [0.25, 0.3) is 0 Å². The summed E-state index contributed by atoms with van der Waals surface area (Å²) >= 11 is 0. The van der Waals surface area contributed by atoms with Crippen molar-refractivity contribution in [3.8, 4) is 0 Å². The molecule has 3 aliphatic rings. The predicted octanol–water partition coefficient (Wildman–Crippen LogP) is 8.62. The van der Waals surface area contributed by atoms with Crippen molar-refractivity contribution in [1.29, 1.82) is 0 Å². The van der Waals surface area contributed by atoms with Crippen LogP contribution in [-0.4, -0.2) is 11.8 Å². The molecule has 0 N–H and O–H groups in total. The van der Waals surface area contributed by atoms with Crippen LogP contribution in [0.1, 0.15) is 72.2 Å². The number of aliphatic imine (C=N–C) groups is 2. The Morgan fingerprint density at radius 2 is 0.750 bits per heavy atom. The Kier molecular flexibility index (Phi) is 6.91. The molecule has 4 aromatic carbocycles. The maximum atomic E-state index is 6.81. The number of benzene rings is 4. The second kappa shape index (κ2) is 11.1. The van der Waals surface area contributed by atoms with Crippen LogP contribution in [0.2, 0.25) is 0 Å². The highest BCUT2D eigenvalue weighted by molar-refractivity contribution is 5.90. The Bertz CT molecular complexity index is 1360. The number of ether oxygens (including phenoxy) is 2. The van der Waals surface area contributed by atoms with E-state index in [1.165, 1.54) is 11.1 Å². The van der Waals surface area contributed by atoms with E-state index in [9.17, 15) is 0 Å². The molecule has 2 heterocycles. The first-order valence-corrected chi connectivity index (χ1v) is 14.5. The molecule has 4 nitrogen and oxygen atoms in total. The van der Waals surface area contributed by atoms with Gasteiger partial charge in [-0.1, -0.05) is 134 Å². The first-order chi connectivity index (χ1) is 19.8. The first kappa shape index (κ1) is 24.8. The monoisotopic (exact) mass is 526 g/mol. The van der Waals surface area contributed by atoms with Gasteiger partial charge in [0.15, 0.2) is 24.0 Å². The molecular formula is C36H34N2O2. The van der Waals surface area contributed by atoms with E-state index in [2.05, 4.69) is 121 Å². The number of hydrogen-bond acceptors (Lipinski definition) is 4. The minimum atomic E-state index is -0.137. The van der Waals surface area contributed by atoms with Crippen LogP contribution in [0.5, 0.6) is 0 Å². The summed E-state index contributed by atoms with van der Waals surface area (Å²) in [7, 11) is 0. The lowest BCUT2D eigenvalue weighted by molar-refractivity contribution is 0.156. The maximum absolute atomic E-state index is 6.81. The van der Waals surface area contributed by atoms with Crippen molar-refractivity contribution in [3.05, 3.63) is 144 Å². The minimum Gasteiger partial charge on any atom is -0.470 e. The standard InChI is InChI=1S/C36H34N2O2/c1-5-15-25(16-6-1)31-33(27-19-9-3-10-20-27)39-35(37-31)29-23-13-14-24-30(29)36-38-32(26-17-7-2-8-18-26)34(40-36)28-21-11-4-12-22-28/h1-12,15-22,29-34H,13-14,23-24H2/t29-,30-,31+,32+,33-,34-/m1/s1. The number of hydrogen-bond donors (Lipinski definition) is 0. The molecule has 4 aromatic rings. The van der Waals surface area contributed by atoms with Gasteiger partial charge in [0.05, 0.1) is 0 Å². The van der Waals surface area contributed by atoms with Gasteiger partial charge in [-0.15, -0.1) is 0 Å². The van der Waals surface area contributed by atoms with Gasteiger partial charge in [-0.3, -0.25) is 0 Å². The van der Waals surface area contributed by atoms with Crippen molar-refractivity contribution < 1.29 is 9.47 Å². The van der Waals surface area contributed by atoms with Crippen LogP contribution >= 0.6 is 0 Å². The molecule has 200 valence electrons. The maximum Gasteiger partial charge on any atom is 0.188 e. The zero-order chi connectivity index (χ0) is 26.7. The number of nitrogens with zero attached hydrogens (tertiary/aromatic N) is 2. The molecule has 7 rings (SSSR count). The Balaban J connectivity index is 1.23. The van der Waals surface area contributed by atoms with Gasteiger partial charge >= 0.3 is 0 Å². The van der Waals surface area contributed by atoms with Crippen LogP contribution in [0.3, 0.4) is 0 Å². The molecule has 0 aromatic heterocycles. The molecule has 6 atom stereocenters. The largest absolute Gasteiger partial charge is 0.470 e. The summed E-state index contributed by atoms with van der Waals surface area (Å²) in [5.74, 6) is 2.02. The lowest BCUT2D eigenvalue weighted by atomic mass is 9.78. The highest BCUT2D eigenvalue weighted by Gasteiger charge is 2.45. The van der Waals surface area contributed by atoms with Crippen molar-refractivity contribution in [3.63, 3.8) is 0 Å². The normalized spacial score (nSPS) is 27.8. The van der Waals surface area contributed by atoms with E-state index in [0.717, 1.165) is 48.6 Å². The van der Waals surface area contributed by atoms with Crippen LogP contribution in [0.15, 0.2) is 131 Å². The van der Waals surface area contributed by atoms with E-state index in [4.69, 9.17) is 19.5 Å². The Morgan fingerprint density at radius 3 is 1.10 bits per heavy atom. The van der Waals surface area contributed by atoms with E-state index < -0.39 is 0 Å². The first-order valence-electron chi connectivity index (χ1n) is 14.5. The molecule has 1 aliphatic carbocycles. The Labute approximate surface area is 236 Å². The minimum absolute atomic E-state index is 0.0678. The molecule has 0 saturated heterocycles. The van der Waals surface area contributed by atoms with E-state index >= 15 is 0 Å². The van der Waals surface area contributed by atoms with E-state index in [0.29, 0.717) is 0 Å². The zero-order valence-corrected chi connectivity index (χ0v) is 22.6. The third-order valence-corrected chi connectivity index (χ3v) is 8.54. The van der Waals surface area contributed by atoms with Crippen LogP contribution in [0.25, 0.3) is 0 Å². The van der Waals surface area contributed by atoms with Crippen molar-refractivity contribution in [2.24, 2.45) is 21.8 Å². The second-order valence-corrected chi connectivity index (χ2v) is 11.0. The molecule has 0 bridgehead atoms. The predicted molar refractivity (Wildman–Crippen MR) is 159 cm³/mol. The molecule has 1 fully saturated rings. The third-order valence-electron chi connectivity index (χ3n) is 8.54. The van der Waals surface area contributed by atoms with Gasteiger partial charge in [-0.2, -0.15) is 0 Å². The van der Waals surface area contributed by atoms with Gasteiger partial charge in [-0.05, 0) is 35.1 Å². The highest BCUT2D eigenvalue weighted by Crippen LogP contribution is 2.47. The lowest BCUT2D eigenvalue weighted by Gasteiger charge is -2.31. The summed E-state index contributed by atoms with van der Waals surface area (Å²) in [6, 6.07) is 42.0. The lowest BCUT2D eigenvalue weighted by Crippen LogP contribution is -2.33. The summed E-state index contributed by atoms with van der Waals surface area (Å²) in [6.45, 7) is 0. The molecule has 0 amide bonds. The van der Waals surface area contributed by atoms with Gasteiger partial charge < -0.3 is 9.47 Å². The van der Waals surface area contributed by atoms with Crippen molar-refractivity contribution >= 4 is 11.8 Å². The van der Waals surface area contributed by atoms with Crippen molar-refractivity contribution in [2.75, 3.05) is 0 Å². The fourth-order valence-corrected chi connectivity index (χ4v) is 6.53. The average Bonchev–Trinajstić information content (AvgIpc) is 3.69. The van der Waals surface area contributed by atoms with Crippen molar-refractivity contribution in [1.82, 2.24) is 0 Å². The van der Waals surface area contributed by atoms with Gasteiger partial charge in [0.1, 0.15) is 12.1 Å².